The van der Waals surface area contributed by atoms with Gasteiger partial charge in [-0.25, -0.2) is 12.8 Å². The molecule has 8 heteroatoms. The van der Waals surface area contributed by atoms with Gasteiger partial charge in [0.25, 0.3) is 0 Å². The summed E-state index contributed by atoms with van der Waals surface area (Å²) in [7, 11) is -3.61. The summed E-state index contributed by atoms with van der Waals surface area (Å²) in [5.41, 5.74) is 0.202. The Morgan fingerprint density at radius 3 is 2.61 bits per heavy atom. The zero-order valence-corrected chi connectivity index (χ0v) is 14.8. The second-order valence-corrected chi connectivity index (χ2v) is 7.86. The minimum absolute atomic E-state index is 0. The quantitative estimate of drug-likeness (QED) is 0.877. The van der Waals surface area contributed by atoms with E-state index >= 15 is 0 Å². The van der Waals surface area contributed by atoms with Crippen LogP contribution >= 0.6 is 12.4 Å². The van der Waals surface area contributed by atoms with Crippen molar-refractivity contribution in [1.29, 1.82) is 0 Å². The van der Waals surface area contributed by atoms with Crippen LogP contribution < -0.4 is 5.32 Å². The van der Waals surface area contributed by atoms with Crippen LogP contribution in [0.4, 0.5) is 4.39 Å². The highest BCUT2D eigenvalue weighted by molar-refractivity contribution is 7.89. The van der Waals surface area contributed by atoms with E-state index in [1.165, 1.54) is 29.4 Å². The number of nitrogens with one attached hydrogen (secondary N) is 1. The predicted octanol–water partition coefficient (Wildman–Crippen LogP) is 1.22. The summed E-state index contributed by atoms with van der Waals surface area (Å²) >= 11 is 0. The summed E-state index contributed by atoms with van der Waals surface area (Å²) in [4.78, 5) is 2.44. The van der Waals surface area contributed by atoms with E-state index in [9.17, 15) is 12.8 Å². The molecule has 1 unspecified atom stereocenters. The van der Waals surface area contributed by atoms with Crippen molar-refractivity contribution in [2.45, 2.75) is 24.3 Å². The van der Waals surface area contributed by atoms with E-state index in [-0.39, 0.29) is 28.9 Å². The van der Waals surface area contributed by atoms with Crippen LogP contribution in [0.3, 0.4) is 0 Å². The number of hydrogen-bond acceptors (Lipinski definition) is 4. The molecule has 1 N–H and O–H groups in total. The molecular formula is C15H23ClFN3O2S. The smallest absolute Gasteiger partial charge is 0.243 e. The molecule has 0 spiro atoms. The van der Waals surface area contributed by atoms with Gasteiger partial charge in [-0.1, -0.05) is 6.07 Å². The summed E-state index contributed by atoms with van der Waals surface area (Å²) < 4.78 is 40.7. The second-order valence-electron chi connectivity index (χ2n) is 5.95. The lowest BCUT2D eigenvalue weighted by Gasteiger charge is -2.32. The maximum absolute atomic E-state index is 13.7. The van der Waals surface area contributed by atoms with Gasteiger partial charge < -0.3 is 5.32 Å². The van der Waals surface area contributed by atoms with Gasteiger partial charge in [0, 0.05) is 50.9 Å². The molecular weight excluding hydrogens is 341 g/mol. The predicted molar refractivity (Wildman–Crippen MR) is 90.0 cm³/mol. The van der Waals surface area contributed by atoms with Gasteiger partial charge in [-0.05, 0) is 25.5 Å². The Morgan fingerprint density at radius 2 is 1.91 bits per heavy atom. The minimum atomic E-state index is -3.61. The van der Waals surface area contributed by atoms with Crippen molar-refractivity contribution in [2.24, 2.45) is 0 Å². The van der Waals surface area contributed by atoms with Crippen molar-refractivity contribution in [3.63, 3.8) is 0 Å². The van der Waals surface area contributed by atoms with E-state index in [1.807, 2.05) is 0 Å². The van der Waals surface area contributed by atoms with Gasteiger partial charge in [0.05, 0.1) is 4.90 Å². The van der Waals surface area contributed by atoms with Crippen LogP contribution in [0.2, 0.25) is 0 Å². The molecule has 0 aromatic heterocycles. The Balaban J connectivity index is 0.00000192. The maximum atomic E-state index is 13.7. The van der Waals surface area contributed by atoms with Crippen molar-refractivity contribution < 1.29 is 12.8 Å². The molecule has 130 valence electrons. The largest absolute Gasteiger partial charge is 0.314 e. The van der Waals surface area contributed by atoms with Gasteiger partial charge in [-0.2, -0.15) is 4.31 Å². The average molecular weight is 364 g/mol. The lowest BCUT2D eigenvalue weighted by atomic mass is 10.2. The molecule has 1 atom stereocenters. The summed E-state index contributed by atoms with van der Waals surface area (Å²) in [6.45, 7) is 6.34. The summed E-state index contributed by atoms with van der Waals surface area (Å²) in [5.74, 6) is -0.473. The molecule has 2 heterocycles. The van der Waals surface area contributed by atoms with Gasteiger partial charge in [0.15, 0.2) is 0 Å². The third-order valence-corrected chi connectivity index (χ3v) is 6.64. The lowest BCUT2D eigenvalue weighted by Crippen LogP contribution is -2.49. The highest BCUT2D eigenvalue weighted by Crippen LogP contribution is 2.26. The molecule has 2 aliphatic heterocycles. The normalized spacial score (nSPS) is 23.7. The molecule has 2 saturated heterocycles. The highest BCUT2D eigenvalue weighted by Gasteiger charge is 2.36. The number of halogens is 2. The Kier molecular flexibility index (Phi) is 6.02. The molecule has 0 radical (unpaired) electrons. The van der Waals surface area contributed by atoms with E-state index in [4.69, 9.17) is 0 Å². The fourth-order valence-electron chi connectivity index (χ4n) is 3.28. The van der Waals surface area contributed by atoms with Gasteiger partial charge in [0.1, 0.15) is 5.82 Å². The first kappa shape index (κ1) is 18.6. The van der Waals surface area contributed by atoms with Crippen LogP contribution in [0.25, 0.3) is 0 Å². The van der Waals surface area contributed by atoms with Crippen LogP contribution in [-0.2, 0) is 10.0 Å². The van der Waals surface area contributed by atoms with Crippen molar-refractivity contribution >= 4 is 22.4 Å². The second kappa shape index (κ2) is 7.44. The van der Waals surface area contributed by atoms with Crippen LogP contribution in [-0.4, -0.2) is 62.9 Å². The molecule has 2 fully saturated rings. The van der Waals surface area contributed by atoms with Crippen molar-refractivity contribution in [1.82, 2.24) is 14.5 Å². The topological polar surface area (TPSA) is 52.7 Å². The Hall–Kier alpha value is -0.730. The molecule has 0 bridgehead atoms. The number of benzene rings is 1. The molecule has 0 saturated carbocycles. The molecule has 1 aromatic carbocycles. The van der Waals surface area contributed by atoms with Gasteiger partial charge in [0.2, 0.25) is 10.0 Å². The molecule has 3 rings (SSSR count). The van der Waals surface area contributed by atoms with Crippen LogP contribution in [0.1, 0.15) is 12.0 Å². The number of piperazine rings is 1. The minimum Gasteiger partial charge on any atom is -0.314 e. The standard InChI is InChI=1S/C15H22FN3O2S.ClH/c1-12-14(16)3-2-4-15(12)22(20,21)19-8-5-13(11-19)18-9-6-17-7-10-18;/h2-4,13,17H,5-11H2,1H3;1H. The Bertz CT molecular complexity index is 650. The molecule has 5 nitrogen and oxygen atoms in total. The maximum Gasteiger partial charge on any atom is 0.243 e. The Morgan fingerprint density at radius 1 is 1.22 bits per heavy atom. The number of hydrogen-bond donors (Lipinski definition) is 1. The molecule has 2 aliphatic rings. The van der Waals surface area contributed by atoms with E-state index in [0.717, 1.165) is 32.6 Å². The third kappa shape index (κ3) is 3.69. The fourth-order valence-corrected chi connectivity index (χ4v) is 5.01. The van der Waals surface area contributed by atoms with E-state index < -0.39 is 15.8 Å². The van der Waals surface area contributed by atoms with Gasteiger partial charge in [-0.3, -0.25) is 4.90 Å². The molecule has 23 heavy (non-hydrogen) atoms. The first-order valence-electron chi connectivity index (χ1n) is 7.70. The summed E-state index contributed by atoms with van der Waals surface area (Å²) in [6.07, 6.45) is 0.841. The van der Waals surface area contributed by atoms with Gasteiger partial charge >= 0.3 is 0 Å². The zero-order chi connectivity index (χ0) is 15.7. The SMILES string of the molecule is Cc1c(F)cccc1S(=O)(=O)N1CCC(N2CCNCC2)C1.Cl. The summed E-state index contributed by atoms with van der Waals surface area (Å²) in [6, 6.07) is 4.51. The third-order valence-electron chi connectivity index (χ3n) is 4.63. The first-order chi connectivity index (χ1) is 10.5. The highest BCUT2D eigenvalue weighted by atomic mass is 35.5. The van der Waals surface area contributed by atoms with Crippen LogP contribution in [0.5, 0.6) is 0 Å². The van der Waals surface area contributed by atoms with Gasteiger partial charge in [-0.15, -0.1) is 12.4 Å². The fraction of sp³-hybridized carbons (Fsp3) is 0.600. The molecule has 1 aromatic rings. The van der Waals surface area contributed by atoms with Crippen LogP contribution in [0.15, 0.2) is 23.1 Å². The van der Waals surface area contributed by atoms with E-state index in [1.54, 1.807) is 0 Å². The van der Waals surface area contributed by atoms with Crippen molar-refractivity contribution in [3.8, 4) is 0 Å². The zero-order valence-electron chi connectivity index (χ0n) is 13.2. The van der Waals surface area contributed by atoms with Crippen molar-refractivity contribution in [3.05, 3.63) is 29.6 Å². The van der Waals surface area contributed by atoms with Crippen LogP contribution in [0, 0.1) is 12.7 Å². The number of rotatable bonds is 3. The first-order valence-corrected chi connectivity index (χ1v) is 9.14. The average Bonchev–Trinajstić information content (AvgIpc) is 3.01. The monoisotopic (exact) mass is 363 g/mol. The Labute approximate surface area is 143 Å². The van der Waals surface area contributed by atoms with E-state index in [2.05, 4.69) is 10.2 Å². The number of sulfonamides is 1. The molecule has 0 amide bonds. The number of nitrogens with zero attached hydrogens (tertiary/aromatic N) is 2. The van der Waals surface area contributed by atoms with E-state index in [0.29, 0.717) is 13.1 Å². The lowest BCUT2D eigenvalue weighted by molar-refractivity contribution is 0.179. The van der Waals surface area contributed by atoms with Crippen molar-refractivity contribution in [2.75, 3.05) is 39.3 Å². The summed E-state index contributed by atoms with van der Waals surface area (Å²) in [5, 5.41) is 3.30. The molecule has 0 aliphatic carbocycles.